The van der Waals surface area contributed by atoms with Crippen LogP contribution in [0.1, 0.15) is 71.1 Å². The first-order valence-electron chi connectivity index (χ1n) is 8.30. The second-order valence-corrected chi connectivity index (χ2v) is 7.59. The minimum Gasteiger partial charge on any atom is -0.212 e. The van der Waals surface area contributed by atoms with Crippen molar-refractivity contribution in [3.05, 3.63) is 0 Å². The van der Waals surface area contributed by atoms with Gasteiger partial charge in [0.1, 0.15) is 0 Å². The molecule has 0 fully saturated rings. The lowest BCUT2D eigenvalue weighted by molar-refractivity contribution is 0.386. The molecule has 0 bridgehead atoms. The molecule has 0 aliphatic rings. The molecule has 0 N–H and O–H groups in total. The minimum absolute atomic E-state index is 0.222. The average Bonchev–Trinajstić information content (AvgIpc) is 2.50. The number of hydrogen-bond acceptors (Lipinski definition) is 4. The molecule has 0 heterocycles. The fourth-order valence-corrected chi connectivity index (χ4v) is 3.91. The van der Waals surface area contributed by atoms with Gasteiger partial charge >= 0.3 is 0 Å². The van der Waals surface area contributed by atoms with E-state index in [0.717, 1.165) is 44.9 Å². The number of nitriles is 2. The second kappa shape index (κ2) is 13.5. The molecule has 0 aromatic heterocycles. The molecule has 22 heavy (non-hydrogen) atoms. The van der Waals surface area contributed by atoms with E-state index in [0.29, 0.717) is 32.4 Å². The Labute approximate surface area is 136 Å². The number of sulfonamides is 1. The largest absolute Gasteiger partial charge is 0.214 e. The summed E-state index contributed by atoms with van der Waals surface area (Å²) in [5.74, 6) is 0.222. The van der Waals surface area contributed by atoms with Gasteiger partial charge in [0.25, 0.3) is 0 Å². The van der Waals surface area contributed by atoms with Gasteiger partial charge in [0.2, 0.25) is 10.0 Å². The maximum atomic E-state index is 12.4. The van der Waals surface area contributed by atoms with Crippen molar-refractivity contribution < 1.29 is 8.42 Å². The van der Waals surface area contributed by atoms with Crippen LogP contribution in [-0.4, -0.2) is 31.6 Å². The minimum atomic E-state index is -3.17. The van der Waals surface area contributed by atoms with E-state index in [2.05, 4.69) is 12.1 Å². The third kappa shape index (κ3) is 10.6. The Morgan fingerprint density at radius 2 is 1.32 bits per heavy atom. The van der Waals surface area contributed by atoms with Gasteiger partial charge < -0.3 is 0 Å². The first-order chi connectivity index (χ1) is 10.6. The Hall–Kier alpha value is -1.11. The molecule has 0 aliphatic heterocycles. The highest BCUT2D eigenvalue weighted by Gasteiger charge is 2.20. The van der Waals surface area contributed by atoms with Gasteiger partial charge in [-0.2, -0.15) is 10.5 Å². The van der Waals surface area contributed by atoms with Crippen LogP contribution in [0.4, 0.5) is 0 Å². The molecule has 0 spiro atoms. The van der Waals surface area contributed by atoms with Crippen molar-refractivity contribution in [3.63, 3.8) is 0 Å². The summed E-state index contributed by atoms with van der Waals surface area (Å²) in [5, 5.41) is 17.0. The lowest BCUT2D eigenvalue weighted by Gasteiger charge is -2.22. The number of nitrogens with zero attached hydrogens (tertiary/aromatic N) is 3. The first-order valence-corrected chi connectivity index (χ1v) is 9.91. The summed E-state index contributed by atoms with van der Waals surface area (Å²) in [5.41, 5.74) is 0. The van der Waals surface area contributed by atoms with E-state index >= 15 is 0 Å². The normalized spacial score (nSPS) is 11.3. The highest BCUT2D eigenvalue weighted by molar-refractivity contribution is 7.89. The summed E-state index contributed by atoms with van der Waals surface area (Å²) in [6, 6.07) is 4.22. The fourth-order valence-electron chi connectivity index (χ4n) is 2.18. The summed E-state index contributed by atoms with van der Waals surface area (Å²) < 4.78 is 26.3. The summed E-state index contributed by atoms with van der Waals surface area (Å²) in [6.45, 7) is 3.09. The van der Waals surface area contributed by atoms with Crippen LogP contribution in [0.5, 0.6) is 0 Å². The van der Waals surface area contributed by atoms with E-state index in [1.807, 2.05) is 6.92 Å². The van der Waals surface area contributed by atoms with Crippen LogP contribution >= 0.6 is 0 Å². The Bertz CT molecular complexity index is 425. The van der Waals surface area contributed by atoms with Crippen molar-refractivity contribution in [3.8, 4) is 12.1 Å². The van der Waals surface area contributed by atoms with Gasteiger partial charge in [0, 0.05) is 25.9 Å². The van der Waals surface area contributed by atoms with E-state index in [9.17, 15) is 8.42 Å². The van der Waals surface area contributed by atoms with E-state index in [1.54, 1.807) is 4.31 Å². The SMILES string of the molecule is CCCCS(=O)(=O)N(CCCCCC#N)CCCCCC#N. The summed E-state index contributed by atoms with van der Waals surface area (Å²) in [6.07, 6.45) is 7.72. The summed E-state index contributed by atoms with van der Waals surface area (Å²) in [4.78, 5) is 0. The van der Waals surface area contributed by atoms with Gasteiger partial charge in [-0.3, -0.25) is 0 Å². The Balaban J connectivity index is 4.30. The van der Waals surface area contributed by atoms with Crippen molar-refractivity contribution in [2.24, 2.45) is 0 Å². The van der Waals surface area contributed by atoms with Crippen molar-refractivity contribution in [2.75, 3.05) is 18.8 Å². The number of rotatable bonds is 14. The van der Waals surface area contributed by atoms with Gasteiger partial charge in [-0.15, -0.1) is 0 Å². The van der Waals surface area contributed by atoms with Gasteiger partial charge in [0.15, 0.2) is 0 Å². The van der Waals surface area contributed by atoms with Gasteiger partial charge in [-0.05, 0) is 32.1 Å². The van der Waals surface area contributed by atoms with Crippen molar-refractivity contribution in [1.29, 1.82) is 10.5 Å². The van der Waals surface area contributed by atoms with Gasteiger partial charge in [-0.25, -0.2) is 12.7 Å². The van der Waals surface area contributed by atoms with Gasteiger partial charge in [0.05, 0.1) is 17.9 Å². The highest BCUT2D eigenvalue weighted by atomic mass is 32.2. The molecule has 0 rings (SSSR count). The van der Waals surface area contributed by atoms with Crippen LogP contribution in [0.3, 0.4) is 0 Å². The standard InChI is InChI=1S/C16H29N3O2S/c1-2-3-16-22(20,21)19(14-10-6-4-8-12-17)15-11-7-5-9-13-18/h2-11,14-16H2,1H3. The molecule has 5 nitrogen and oxygen atoms in total. The number of unbranched alkanes of at least 4 members (excludes halogenated alkanes) is 7. The Morgan fingerprint density at radius 1 is 0.818 bits per heavy atom. The smallest absolute Gasteiger partial charge is 0.212 e. The third-order valence-corrected chi connectivity index (χ3v) is 5.50. The molecule has 0 radical (unpaired) electrons. The van der Waals surface area contributed by atoms with E-state index < -0.39 is 10.0 Å². The van der Waals surface area contributed by atoms with Crippen LogP contribution in [0.15, 0.2) is 0 Å². The molecule has 126 valence electrons. The number of hydrogen-bond donors (Lipinski definition) is 0. The molecule has 6 heteroatoms. The third-order valence-electron chi connectivity index (χ3n) is 3.54. The first kappa shape index (κ1) is 20.9. The molecule has 0 aliphatic carbocycles. The maximum Gasteiger partial charge on any atom is 0.214 e. The lowest BCUT2D eigenvalue weighted by Crippen LogP contribution is -2.34. The predicted octanol–water partition coefficient (Wildman–Crippen LogP) is 3.59. The Morgan fingerprint density at radius 3 is 1.73 bits per heavy atom. The molecule has 0 aromatic rings. The molecule has 0 saturated heterocycles. The lowest BCUT2D eigenvalue weighted by atomic mass is 10.2. The zero-order chi connectivity index (χ0) is 16.7. The zero-order valence-corrected chi connectivity index (χ0v) is 14.6. The van der Waals surface area contributed by atoms with Crippen molar-refractivity contribution in [1.82, 2.24) is 4.31 Å². The quantitative estimate of drug-likeness (QED) is 0.456. The van der Waals surface area contributed by atoms with Crippen LogP contribution in [0.2, 0.25) is 0 Å². The van der Waals surface area contributed by atoms with E-state index in [-0.39, 0.29) is 5.75 Å². The summed E-state index contributed by atoms with van der Waals surface area (Å²) >= 11 is 0. The monoisotopic (exact) mass is 327 g/mol. The predicted molar refractivity (Wildman–Crippen MR) is 88.4 cm³/mol. The molecule has 0 atom stereocenters. The zero-order valence-electron chi connectivity index (χ0n) is 13.8. The Kier molecular flexibility index (Phi) is 12.9. The highest BCUT2D eigenvalue weighted by Crippen LogP contribution is 2.11. The topological polar surface area (TPSA) is 85.0 Å². The average molecular weight is 327 g/mol. The summed E-state index contributed by atoms with van der Waals surface area (Å²) in [7, 11) is -3.17. The molecule has 0 aromatic carbocycles. The van der Waals surface area contributed by atoms with Crippen molar-refractivity contribution >= 4 is 10.0 Å². The van der Waals surface area contributed by atoms with Crippen LogP contribution in [-0.2, 0) is 10.0 Å². The van der Waals surface area contributed by atoms with E-state index in [1.165, 1.54) is 0 Å². The van der Waals surface area contributed by atoms with Gasteiger partial charge in [-0.1, -0.05) is 26.2 Å². The molecular weight excluding hydrogens is 298 g/mol. The second-order valence-electron chi connectivity index (χ2n) is 5.51. The maximum absolute atomic E-state index is 12.4. The van der Waals surface area contributed by atoms with Crippen LogP contribution < -0.4 is 0 Å². The van der Waals surface area contributed by atoms with Crippen molar-refractivity contribution in [2.45, 2.75) is 71.1 Å². The fraction of sp³-hybridized carbons (Fsp3) is 0.875. The van der Waals surface area contributed by atoms with Crippen LogP contribution in [0.25, 0.3) is 0 Å². The molecular formula is C16H29N3O2S. The molecule has 0 unspecified atom stereocenters. The van der Waals surface area contributed by atoms with E-state index in [4.69, 9.17) is 10.5 Å². The van der Waals surface area contributed by atoms with Crippen LogP contribution in [0, 0.1) is 22.7 Å². The molecule has 0 saturated carbocycles. The molecule has 0 amide bonds.